The van der Waals surface area contributed by atoms with Crippen LogP contribution in [0.25, 0.3) is 0 Å². The zero-order chi connectivity index (χ0) is 11.8. The van der Waals surface area contributed by atoms with Crippen molar-refractivity contribution in [2.75, 3.05) is 19.7 Å². The van der Waals surface area contributed by atoms with E-state index in [0.29, 0.717) is 18.4 Å². The fraction of sp³-hybridized carbons (Fsp3) is 0.917. The van der Waals surface area contributed by atoms with E-state index < -0.39 is 5.97 Å². The predicted molar refractivity (Wildman–Crippen MR) is 62.5 cm³/mol. The molecule has 94 valence electrons. The van der Waals surface area contributed by atoms with Crippen LogP contribution in [0.3, 0.4) is 0 Å². The number of carboxylic acids is 1. The van der Waals surface area contributed by atoms with Gasteiger partial charge in [0, 0.05) is 19.6 Å². The number of carbonyl (C=O) groups is 1. The van der Waals surface area contributed by atoms with Crippen molar-refractivity contribution in [1.29, 1.82) is 0 Å². The van der Waals surface area contributed by atoms with Gasteiger partial charge in [-0.1, -0.05) is 6.42 Å². The van der Waals surface area contributed by atoms with E-state index in [0.717, 1.165) is 45.4 Å². The molecule has 1 saturated heterocycles. The summed E-state index contributed by atoms with van der Waals surface area (Å²) in [4.78, 5) is 10.3. The van der Waals surface area contributed by atoms with Gasteiger partial charge in [-0.2, -0.15) is 0 Å². The fourth-order valence-electron chi connectivity index (χ4n) is 2.03. The fourth-order valence-corrected chi connectivity index (χ4v) is 2.03. The van der Waals surface area contributed by atoms with Gasteiger partial charge >= 0.3 is 5.97 Å². The van der Waals surface area contributed by atoms with Gasteiger partial charge in [0.1, 0.15) is 0 Å². The van der Waals surface area contributed by atoms with E-state index in [1.165, 1.54) is 0 Å². The predicted octanol–water partition coefficient (Wildman–Crippen LogP) is 1.65. The standard InChI is InChI=1S/C12H23NO3/c1-10-11(6-8-16-10)9-13-7-4-2-3-5-12(14)15/h10-11,13H,2-9H2,1H3,(H,14,15). The van der Waals surface area contributed by atoms with E-state index >= 15 is 0 Å². The molecule has 0 saturated carbocycles. The highest BCUT2D eigenvalue weighted by Gasteiger charge is 2.23. The highest BCUT2D eigenvalue weighted by molar-refractivity contribution is 5.66. The third kappa shape index (κ3) is 5.47. The summed E-state index contributed by atoms with van der Waals surface area (Å²) in [5.41, 5.74) is 0. The summed E-state index contributed by atoms with van der Waals surface area (Å²) in [6, 6.07) is 0. The van der Waals surface area contributed by atoms with Gasteiger partial charge in [0.2, 0.25) is 0 Å². The van der Waals surface area contributed by atoms with Crippen molar-refractivity contribution in [3.05, 3.63) is 0 Å². The lowest BCUT2D eigenvalue weighted by Gasteiger charge is -2.14. The molecule has 1 fully saturated rings. The van der Waals surface area contributed by atoms with Crippen molar-refractivity contribution < 1.29 is 14.6 Å². The Labute approximate surface area is 97.4 Å². The number of hydrogen-bond acceptors (Lipinski definition) is 3. The Hall–Kier alpha value is -0.610. The first kappa shape index (κ1) is 13.5. The molecule has 0 aromatic rings. The Bertz CT molecular complexity index is 208. The topological polar surface area (TPSA) is 58.6 Å². The number of aliphatic carboxylic acids is 1. The van der Waals surface area contributed by atoms with Crippen LogP contribution in [0.1, 0.15) is 39.0 Å². The summed E-state index contributed by atoms with van der Waals surface area (Å²) >= 11 is 0. The minimum absolute atomic E-state index is 0.299. The number of unbranched alkanes of at least 4 members (excludes halogenated alkanes) is 2. The molecule has 0 radical (unpaired) electrons. The molecule has 1 heterocycles. The van der Waals surface area contributed by atoms with Crippen molar-refractivity contribution in [3.8, 4) is 0 Å². The Kier molecular flexibility index (Phi) is 6.42. The first-order chi connectivity index (χ1) is 7.70. The third-order valence-electron chi connectivity index (χ3n) is 3.18. The number of carboxylic acid groups (broad SMARTS) is 1. The van der Waals surface area contributed by atoms with Crippen LogP contribution in [-0.4, -0.2) is 36.9 Å². The third-order valence-corrected chi connectivity index (χ3v) is 3.18. The van der Waals surface area contributed by atoms with Crippen molar-refractivity contribution in [2.24, 2.45) is 5.92 Å². The first-order valence-corrected chi connectivity index (χ1v) is 6.24. The molecular weight excluding hydrogens is 206 g/mol. The van der Waals surface area contributed by atoms with Crippen LogP contribution in [0.2, 0.25) is 0 Å². The Morgan fingerprint density at radius 3 is 2.88 bits per heavy atom. The van der Waals surface area contributed by atoms with Gasteiger partial charge < -0.3 is 15.2 Å². The lowest BCUT2D eigenvalue weighted by molar-refractivity contribution is -0.137. The van der Waals surface area contributed by atoms with Gasteiger partial charge in [0.15, 0.2) is 0 Å². The Balaban J connectivity index is 1.86. The molecule has 0 aromatic heterocycles. The van der Waals surface area contributed by atoms with Crippen molar-refractivity contribution in [2.45, 2.75) is 45.1 Å². The maximum atomic E-state index is 10.3. The second-order valence-corrected chi connectivity index (χ2v) is 4.53. The zero-order valence-electron chi connectivity index (χ0n) is 10.1. The molecule has 2 unspecified atom stereocenters. The molecule has 0 bridgehead atoms. The smallest absolute Gasteiger partial charge is 0.303 e. The molecule has 1 aliphatic rings. The van der Waals surface area contributed by atoms with Gasteiger partial charge in [-0.05, 0) is 38.6 Å². The summed E-state index contributed by atoms with van der Waals surface area (Å²) in [6.07, 6.45) is 4.70. The summed E-state index contributed by atoms with van der Waals surface area (Å²) in [5, 5.41) is 11.9. The van der Waals surface area contributed by atoms with Crippen LogP contribution < -0.4 is 5.32 Å². The molecule has 0 amide bonds. The molecule has 4 nitrogen and oxygen atoms in total. The highest BCUT2D eigenvalue weighted by atomic mass is 16.5. The highest BCUT2D eigenvalue weighted by Crippen LogP contribution is 2.19. The van der Waals surface area contributed by atoms with Gasteiger partial charge in [-0.3, -0.25) is 4.79 Å². The van der Waals surface area contributed by atoms with Gasteiger partial charge in [-0.25, -0.2) is 0 Å². The quantitative estimate of drug-likeness (QED) is 0.621. The van der Waals surface area contributed by atoms with E-state index in [1.807, 2.05) is 0 Å². The number of rotatable bonds is 8. The molecule has 1 aliphatic heterocycles. The summed E-state index contributed by atoms with van der Waals surface area (Å²) in [6.45, 7) is 5.04. The maximum Gasteiger partial charge on any atom is 0.303 e. The van der Waals surface area contributed by atoms with Gasteiger partial charge in [0.05, 0.1) is 6.10 Å². The van der Waals surface area contributed by atoms with Gasteiger partial charge in [0.25, 0.3) is 0 Å². The van der Waals surface area contributed by atoms with Crippen LogP contribution in [-0.2, 0) is 9.53 Å². The molecule has 16 heavy (non-hydrogen) atoms. The maximum absolute atomic E-state index is 10.3. The summed E-state index contributed by atoms with van der Waals surface area (Å²) in [5.74, 6) is -0.0380. The van der Waals surface area contributed by atoms with Crippen LogP contribution >= 0.6 is 0 Å². The molecule has 0 spiro atoms. The molecular formula is C12H23NO3. The molecule has 0 aromatic carbocycles. The average molecular weight is 229 g/mol. The molecule has 0 aliphatic carbocycles. The Morgan fingerprint density at radius 1 is 1.44 bits per heavy atom. The van der Waals surface area contributed by atoms with E-state index in [1.54, 1.807) is 0 Å². The number of nitrogens with one attached hydrogen (secondary N) is 1. The van der Waals surface area contributed by atoms with Crippen LogP contribution in [0, 0.1) is 5.92 Å². The SMILES string of the molecule is CC1OCCC1CNCCCCCC(=O)O. The first-order valence-electron chi connectivity index (χ1n) is 6.24. The molecule has 2 atom stereocenters. The lowest BCUT2D eigenvalue weighted by Crippen LogP contribution is -2.27. The van der Waals surface area contributed by atoms with E-state index in [4.69, 9.17) is 9.84 Å². The van der Waals surface area contributed by atoms with Crippen LogP contribution in [0.5, 0.6) is 0 Å². The van der Waals surface area contributed by atoms with E-state index in [9.17, 15) is 4.79 Å². The Morgan fingerprint density at radius 2 is 2.25 bits per heavy atom. The number of hydrogen-bond donors (Lipinski definition) is 2. The van der Waals surface area contributed by atoms with E-state index in [2.05, 4.69) is 12.2 Å². The molecule has 2 N–H and O–H groups in total. The van der Waals surface area contributed by atoms with Crippen LogP contribution in [0.4, 0.5) is 0 Å². The monoisotopic (exact) mass is 229 g/mol. The van der Waals surface area contributed by atoms with Gasteiger partial charge in [-0.15, -0.1) is 0 Å². The van der Waals surface area contributed by atoms with Crippen molar-refractivity contribution >= 4 is 5.97 Å². The second kappa shape index (κ2) is 7.63. The zero-order valence-corrected chi connectivity index (χ0v) is 10.1. The second-order valence-electron chi connectivity index (χ2n) is 4.53. The molecule has 1 rings (SSSR count). The summed E-state index contributed by atoms with van der Waals surface area (Å²) in [7, 11) is 0. The molecule has 4 heteroatoms. The van der Waals surface area contributed by atoms with E-state index in [-0.39, 0.29) is 0 Å². The van der Waals surface area contributed by atoms with Crippen molar-refractivity contribution in [1.82, 2.24) is 5.32 Å². The average Bonchev–Trinajstić information content (AvgIpc) is 2.62. The minimum atomic E-state index is -0.690. The summed E-state index contributed by atoms with van der Waals surface area (Å²) < 4.78 is 5.48. The number of ether oxygens (including phenoxy) is 1. The van der Waals surface area contributed by atoms with Crippen LogP contribution in [0.15, 0.2) is 0 Å². The minimum Gasteiger partial charge on any atom is -0.481 e. The lowest BCUT2D eigenvalue weighted by atomic mass is 10.0. The largest absolute Gasteiger partial charge is 0.481 e. The normalized spacial score (nSPS) is 24.8. The van der Waals surface area contributed by atoms with Crippen molar-refractivity contribution in [3.63, 3.8) is 0 Å².